The summed E-state index contributed by atoms with van der Waals surface area (Å²) >= 11 is 5.79. The number of nitrogens with two attached hydrogens (primary N) is 1. The van der Waals surface area contributed by atoms with Gasteiger partial charge in [0, 0.05) is 5.02 Å². The number of halogens is 1. The van der Waals surface area contributed by atoms with E-state index in [1.807, 2.05) is 0 Å². The second-order valence-electron chi connectivity index (χ2n) is 4.46. The van der Waals surface area contributed by atoms with Gasteiger partial charge in [-0.3, -0.25) is 14.6 Å². The van der Waals surface area contributed by atoms with Gasteiger partial charge >= 0.3 is 5.97 Å². The van der Waals surface area contributed by atoms with E-state index in [-0.39, 0.29) is 17.4 Å². The Kier molecular flexibility index (Phi) is 3.26. The van der Waals surface area contributed by atoms with Crippen molar-refractivity contribution < 1.29 is 9.90 Å². The van der Waals surface area contributed by atoms with E-state index in [4.69, 9.17) is 17.3 Å². The largest absolute Gasteiger partial charge is 0.480 e. The van der Waals surface area contributed by atoms with Crippen molar-refractivity contribution in [3.8, 4) is 0 Å². The van der Waals surface area contributed by atoms with Crippen LogP contribution in [-0.4, -0.2) is 35.9 Å². The van der Waals surface area contributed by atoms with Gasteiger partial charge in [0.15, 0.2) is 0 Å². The zero-order valence-corrected chi connectivity index (χ0v) is 11.7. The highest BCUT2D eigenvalue weighted by Gasteiger charge is 2.28. The monoisotopic (exact) mass is 320 g/mol. The number of benzene rings is 1. The Morgan fingerprint density at radius 1 is 1.32 bits per heavy atom. The zero-order valence-electron chi connectivity index (χ0n) is 10.9. The number of aromatic nitrogens is 5. The summed E-state index contributed by atoms with van der Waals surface area (Å²) in [6.45, 7) is 0. The molecule has 0 aliphatic heterocycles. The van der Waals surface area contributed by atoms with E-state index in [1.54, 1.807) is 0 Å². The average Bonchev–Trinajstić information content (AvgIpc) is 2.82. The third-order valence-corrected chi connectivity index (χ3v) is 3.31. The van der Waals surface area contributed by atoms with Crippen molar-refractivity contribution in [2.75, 3.05) is 5.73 Å². The Bertz CT molecular complexity index is 917. The summed E-state index contributed by atoms with van der Waals surface area (Å²) in [4.78, 5) is 26.1. The smallest absolute Gasteiger partial charge is 0.317 e. The predicted octanol–water partition coefficient (Wildman–Crippen LogP) is 0.265. The molecule has 0 unspecified atom stereocenters. The van der Waals surface area contributed by atoms with Gasteiger partial charge in [-0.15, -0.1) is 10.2 Å². The number of carboxylic acid groups (broad SMARTS) is 1. The SMILES string of the molecule is Nc1nnc2[nH]c(=O)c([C@@H](C(=O)O)c3ccc(Cl)cc3)nn12. The van der Waals surface area contributed by atoms with Crippen LogP contribution in [0.1, 0.15) is 17.2 Å². The van der Waals surface area contributed by atoms with Gasteiger partial charge in [0.1, 0.15) is 11.6 Å². The summed E-state index contributed by atoms with van der Waals surface area (Å²) in [6.07, 6.45) is 0. The molecule has 0 amide bonds. The lowest BCUT2D eigenvalue weighted by Crippen LogP contribution is -2.27. The molecule has 1 atom stereocenters. The maximum absolute atomic E-state index is 12.1. The molecule has 3 aromatic rings. The van der Waals surface area contributed by atoms with Crippen LogP contribution in [-0.2, 0) is 4.79 Å². The number of H-pyrrole nitrogens is 1. The minimum Gasteiger partial charge on any atom is -0.480 e. The lowest BCUT2D eigenvalue weighted by molar-refractivity contribution is -0.137. The third-order valence-electron chi connectivity index (χ3n) is 3.05. The van der Waals surface area contributed by atoms with Crippen molar-refractivity contribution >= 4 is 29.3 Å². The molecule has 1 aromatic carbocycles. The predicted molar refractivity (Wildman–Crippen MR) is 76.7 cm³/mol. The number of aromatic amines is 1. The Hall–Kier alpha value is -2.94. The first-order valence-electron chi connectivity index (χ1n) is 6.06. The van der Waals surface area contributed by atoms with Crippen LogP contribution in [0.4, 0.5) is 5.95 Å². The summed E-state index contributed by atoms with van der Waals surface area (Å²) < 4.78 is 1.07. The molecule has 0 bridgehead atoms. The first-order chi connectivity index (χ1) is 10.5. The summed E-state index contributed by atoms with van der Waals surface area (Å²) in [5, 5.41) is 21.1. The number of rotatable bonds is 3. The van der Waals surface area contributed by atoms with E-state index < -0.39 is 17.4 Å². The molecule has 4 N–H and O–H groups in total. The number of hydrogen-bond acceptors (Lipinski definition) is 6. The summed E-state index contributed by atoms with van der Waals surface area (Å²) in [7, 11) is 0. The van der Waals surface area contributed by atoms with Gasteiger partial charge in [0.05, 0.1) is 0 Å². The molecular weight excluding hydrogens is 312 g/mol. The standard InChI is InChI=1S/C12H9ClN6O3/c13-6-3-1-5(2-4-6)7(10(21)22)8-9(20)15-12-17-16-11(14)19(12)18-8/h1-4,7H,(H2,14,16)(H,21,22)(H,15,17,20)/t7-/m0/s1. The van der Waals surface area contributed by atoms with Crippen molar-refractivity contribution in [3.63, 3.8) is 0 Å². The molecule has 9 nitrogen and oxygen atoms in total. The summed E-state index contributed by atoms with van der Waals surface area (Å²) in [5.74, 6) is -2.53. The Labute approximate surface area is 127 Å². The summed E-state index contributed by atoms with van der Waals surface area (Å²) in [5.41, 5.74) is 5.03. The maximum atomic E-state index is 12.1. The number of nitrogens with one attached hydrogen (secondary N) is 1. The van der Waals surface area contributed by atoms with Crippen molar-refractivity contribution in [1.82, 2.24) is 24.8 Å². The highest BCUT2D eigenvalue weighted by Crippen LogP contribution is 2.23. The van der Waals surface area contributed by atoms with Crippen LogP contribution in [0.3, 0.4) is 0 Å². The fourth-order valence-electron chi connectivity index (χ4n) is 2.05. The third kappa shape index (κ3) is 2.27. The molecule has 22 heavy (non-hydrogen) atoms. The van der Waals surface area contributed by atoms with Crippen LogP contribution in [0.25, 0.3) is 5.78 Å². The number of fused-ring (bicyclic) bond motifs is 1. The van der Waals surface area contributed by atoms with Gasteiger partial charge in [0.2, 0.25) is 5.95 Å². The lowest BCUT2D eigenvalue weighted by atomic mass is 9.96. The van der Waals surface area contributed by atoms with Crippen LogP contribution >= 0.6 is 11.6 Å². The number of carbonyl (C=O) groups is 1. The number of nitrogens with zero attached hydrogens (tertiary/aromatic N) is 4. The molecule has 0 fully saturated rings. The van der Waals surface area contributed by atoms with Crippen molar-refractivity contribution in [2.45, 2.75) is 5.92 Å². The molecule has 0 aliphatic rings. The van der Waals surface area contributed by atoms with Gasteiger partial charge in [-0.1, -0.05) is 23.7 Å². The lowest BCUT2D eigenvalue weighted by Gasteiger charge is -2.11. The fourth-order valence-corrected chi connectivity index (χ4v) is 2.17. The van der Waals surface area contributed by atoms with Gasteiger partial charge in [-0.2, -0.15) is 9.61 Å². The Morgan fingerprint density at radius 3 is 2.64 bits per heavy atom. The molecule has 0 spiro atoms. The Morgan fingerprint density at radius 2 is 2.00 bits per heavy atom. The Balaban J connectivity index is 2.22. The quantitative estimate of drug-likeness (QED) is 0.629. The van der Waals surface area contributed by atoms with Crippen LogP contribution in [0.5, 0.6) is 0 Å². The molecule has 0 saturated heterocycles. The van der Waals surface area contributed by atoms with Crippen molar-refractivity contribution in [2.24, 2.45) is 0 Å². The molecular formula is C12H9ClN6O3. The van der Waals surface area contributed by atoms with E-state index in [1.165, 1.54) is 24.3 Å². The van der Waals surface area contributed by atoms with E-state index in [2.05, 4.69) is 20.3 Å². The molecule has 0 aliphatic carbocycles. The second kappa shape index (κ2) is 5.11. The van der Waals surface area contributed by atoms with Crippen LogP contribution < -0.4 is 11.3 Å². The van der Waals surface area contributed by atoms with Crippen LogP contribution in [0, 0.1) is 0 Å². The number of hydrogen-bond donors (Lipinski definition) is 3. The minimum absolute atomic E-state index is 0.0338. The first-order valence-corrected chi connectivity index (χ1v) is 6.44. The molecule has 0 saturated carbocycles. The van der Waals surface area contributed by atoms with Gasteiger partial charge in [0.25, 0.3) is 11.3 Å². The topological polar surface area (TPSA) is 139 Å². The van der Waals surface area contributed by atoms with Gasteiger partial charge < -0.3 is 10.8 Å². The van der Waals surface area contributed by atoms with E-state index in [9.17, 15) is 14.7 Å². The normalized spacial score (nSPS) is 12.4. The van der Waals surface area contributed by atoms with Gasteiger partial charge in [-0.05, 0) is 17.7 Å². The van der Waals surface area contributed by atoms with Gasteiger partial charge in [-0.25, -0.2) is 0 Å². The zero-order chi connectivity index (χ0) is 15.9. The molecule has 2 heterocycles. The number of carboxylic acids is 1. The fraction of sp³-hybridized carbons (Fsp3) is 0.0833. The first kappa shape index (κ1) is 14.0. The van der Waals surface area contributed by atoms with E-state index in [0.29, 0.717) is 10.6 Å². The molecule has 112 valence electrons. The summed E-state index contributed by atoms with van der Waals surface area (Å²) in [6, 6.07) is 6.10. The molecule has 2 aromatic heterocycles. The molecule has 3 rings (SSSR count). The minimum atomic E-state index is -1.27. The van der Waals surface area contributed by atoms with Crippen LogP contribution in [0.2, 0.25) is 5.02 Å². The second-order valence-corrected chi connectivity index (χ2v) is 4.89. The number of nitrogen functional groups attached to an aromatic ring is 1. The van der Waals surface area contributed by atoms with Crippen LogP contribution in [0.15, 0.2) is 29.1 Å². The highest BCUT2D eigenvalue weighted by molar-refractivity contribution is 6.30. The van der Waals surface area contributed by atoms with Crippen molar-refractivity contribution in [1.29, 1.82) is 0 Å². The van der Waals surface area contributed by atoms with E-state index in [0.717, 1.165) is 4.52 Å². The number of anilines is 1. The molecule has 0 radical (unpaired) electrons. The van der Waals surface area contributed by atoms with Crippen molar-refractivity contribution in [3.05, 3.63) is 50.9 Å². The number of aliphatic carboxylic acids is 1. The highest BCUT2D eigenvalue weighted by atomic mass is 35.5. The average molecular weight is 321 g/mol. The van der Waals surface area contributed by atoms with E-state index >= 15 is 0 Å². The molecule has 10 heteroatoms. The maximum Gasteiger partial charge on any atom is 0.317 e.